The number of carbonyl (C=O) groups is 1. The lowest BCUT2D eigenvalue weighted by atomic mass is 9.75. The summed E-state index contributed by atoms with van der Waals surface area (Å²) in [7, 11) is 0. The molecule has 2 atom stereocenters. The standard InChI is InChI=1S/C27H35F3N2O2/c1-18(2)20-7-6-8-21(14-20)27(9-4-3-5-10-27)31-17-25(33)24(32-26(34)16-28)13-19-11-22(29)15-23(30)12-19/h6-8,11-12,14-15,18,24-25,31,33H,3-5,9-10,13,16-17H2,1-2H3,(H,32,34). The number of halogens is 3. The third-order valence-corrected chi connectivity index (χ3v) is 6.77. The van der Waals surface area contributed by atoms with Gasteiger partial charge in [-0.1, -0.05) is 57.4 Å². The fourth-order valence-electron chi connectivity index (χ4n) is 4.87. The van der Waals surface area contributed by atoms with E-state index >= 15 is 0 Å². The maximum atomic E-state index is 13.7. The number of carbonyl (C=O) groups excluding carboxylic acids is 1. The van der Waals surface area contributed by atoms with Crippen LogP contribution in [0.25, 0.3) is 0 Å². The van der Waals surface area contributed by atoms with Crippen molar-refractivity contribution in [1.82, 2.24) is 10.6 Å². The number of aliphatic hydroxyl groups is 1. The molecule has 0 aliphatic heterocycles. The molecule has 0 radical (unpaired) electrons. The minimum absolute atomic E-state index is 0.0287. The van der Waals surface area contributed by atoms with Crippen molar-refractivity contribution in [1.29, 1.82) is 0 Å². The first kappa shape index (κ1) is 26.2. The number of aliphatic hydroxyl groups excluding tert-OH is 1. The van der Waals surface area contributed by atoms with Gasteiger partial charge in [0, 0.05) is 18.2 Å². The zero-order chi connectivity index (χ0) is 24.7. The van der Waals surface area contributed by atoms with Gasteiger partial charge in [-0.05, 0) is 54.0 Å². The number of nitrogens with one attached hydrogen (secondary N) is 2. The summed E-state index contributed by atoms with van der Waals surface area (Å²) in [5.74, 6) is -1.98. The van der Waals surface area contributed by atoms with Gasteiger partial charge in [0.15, 0.2) is 6.67 Å². The van der Waals surface area contributed by atoms with Crippen LogP contribution in [0.15, 0.2) is 42.5 Å². The zero-order valence-corrected chi connectivity index (χ0v) is 19.9. The van der Waals surface area contributed by atoms with Crippen LogP contribution in [0.1, 0.15) is 68.6 Å². The first-order valence-corrected chi connectivity index (χ1v) is 12.1. The highest BCUT2D eigenvalue weighted by molar-refractivity contribution is 5.77. The molecule has 2 aromatic carbocycles. The first-order valence-electron chi connectivity index (χ1n) is 12.1. The SMILES string of the molecule is CC(C)c1cccc(C2(NCC(O)C(Cc3cc(F)cc(F)c3)NC(=O)CF)CCCCC2)c1. The molecule has 186 valence electrons. The molecule has 7 heteroatoms. The van der Waals surface area contributed by atoms with Crippen molar-refractivity contribution in [3.63, 3.8) is 0 Å². The summed E-state index contributed by atoms with van der Waals surface area (Å²) in [6.45, 7) is 3.20. The number of alkyl halides is 1. The van der Waals surface area contributed by atoms with Gasteiger partial charge in [-0.2, -0.15) is 0 Å². The molecule has 1 aliphatic carbocycles. The van der Waals surface area contributed by atoms with Crippen LogP contribution in [0.2, 0.25) is 0 Å². The van der Waals surface area contributed by atoms with Gasteiger partial charge in [-0.25, -0.2) is 13.2 Å². The molecular weight excluding hydrogens is 441 g/mol. The van der Waals surface area contributed by atoms with E-state index < -0.39 is 36.4 Å². The molecule has 1 saturated carbocycles. The van der Waals surface area contributed by atoms with Crippen LogP contribution in [-0.2, 0) is 16.8 Å². The predicted octanol–water partition coefficient (Wildman–Crippen LogP) is 4.90. The molecule has 1 aliphatic rings. The monoisotopic (exact) mass is 476 g/mol. The van der Waals surface area contributed by atoms with Crippen molar-refractivity contribution < 1.29 is 23.1 Å². The third kappa shape index (κ3) is 6.83. The summed E-state index contributed by atoms with van der Waals surface area (Å²) < 4.78 is 40.2. The summed E-state index contributed by atoms with van der Waals surface area (Å²) >= 11 is 0. The highest BCUT2D eigenvalue weighted by atomic mass is 19.1. The van der Waals surface area contributed by atoms with Gasteiger partial charge < -0.3 is 15.7 Å². The molecule has 1 fully saturated rings. The van der Waals surface area contributed by atoms with Crippen molar-refractivity contribution >= 4 is 5.91 Å². The van der Waals surface area contributed by atoms with Gasteiger partial charge in [0.1, 0.15) is 11.6 Å². The number of hydrogen-bond donors (Lipinski definition) is 3. The van der Waals surface area contributed by atoms with Gasteiger partial charge in [-0.15, -0.1) is 0 Å². The maximum absolute atomic E-state index is 13.7. The van der Waals surface area contributed by atoms with E-state index in [1.165, 1.54) is 11.1 Å². The van der Waals surface area contributed by atoms with Crippen molar-refractivity contribution in [2.75, 3.05) is 13.2 Å². The molecule has 34 heavy (non-hydrogen) atoms. The Balaban J connectivity index is 1.80. The van der Waals surface area contributed by atoms with Gasteiger partial charge in [-0.3, -0.25) is 4.79 Å². The van der Waals surface area contributed by atoms with Crippen LogP contribution >= 0.6 is 0 Å². The Labute approximate surface area is 200 Å². The van der Waals surface area contributed by atoms with E-state index in [0.717, 1.165) is 50.3 Å². The average molecular weight is 477 g/mol. The first-order chi connectivity index (χ1) is 16.2. The molecule has 0 saturated heterocycles. The van der Waals surface area contributed by atoms with Crippen molar-refractivity contribution in [3.8, 4) is 0 Å². The Bertz CT molecular complexity index is 940. The molecule has 3 rings (SSSR count). The quantitative estimate of drug-likeness (QED) is 0.457. The molecule has 2 unspecified atom stereocenters. The maximum Gasteiger partial charge on any atom is 0.251 e. The Kier molecular flexibility index (Phi) is 9.14. The molecule has 0 spiro atoms. The lowest BCUT2D eigenvalue weighted by Crippen LogP contribution is -2.53. The van der Waals surface area contributed by atoms with Crippen molar-refractivity contribution in [3.05, 3.63) is 70.8 Å². The second kappa shape index (κ2) is 11.8. The second-order valence-corrected chi connectivity index (χ2v) is 9.66. The number of hydrogen-bond acceptors (Lipinski definition) is 3. The second-order valence-electron chi connectivity index (χ2n) is 9.66. The molecule has 0 aromatic heterocycles. The van der Waals surface area contributed by atoms with Crippen LogP contribution in [-0.4, -0.2) is 36.4 Å². The largest absolute Gasteiger partial charge is 0.390 e. The van der Waals surface area contributed by atoms with Crippen LogP contribution < -0.4 is 10.6 Å². The van der Waals surface area contributed by atoms with E-state index in [1.807, 2.05) is 0 Å². The topological polar surface area (TPSA) is 61.4 Å². The minimum atomic E-state index is -1.24. The average Bonchev–Trinajstić information content (AvgIpc) is 2.82. The van der Waals surface area contributed by atoms with Gasteiger partial charge in [0.05, 0.1) is 12.1 Å². The van der Waals surface area contributed by atoms with Gasteiger partial charge in [0.25, 0.3) is 5.91 Å². The van der Waals surface area contributed by atoms with E-state index in [2.05, 4.69) is 48.7 Å². The van der Waals surface area contributed by atoms with Crippen LogP contribution in [0.3, 0.4) is 0 Å². The van der Waals surface area contributed by atoms with Crippen molar-refractivity contribution in [2.45, 2.75) is 76.0 Å². The van der Waals surface area contributed by atoms with Crippen molar-refractivity contribution in [2.24, 2.45) is 0 Å². The highest BCUT2D eigenvalue weighted by Gasteiger charge is 2.35. The van der Waals surface area contributed by atoms with Crippen LogP contribution in [0.5, 0.6) is 0 Å². The summed E-state index contributed by atoms with van der Waals surface area (Å²) in [4.78, 5) is 11.8. The fraction of sp³-hybridized carbons (Fsp3) is 0.519. The third-order valence-electron chi connectivity index (χ3n) is 6.77. The number of amides is 1. The Morgan fingerprint density at radius 1 is 1.06 bits per heavy atom. The van der Waals surface area contributed by atoms with Gasteiger partial charge >= 0.3 is 0 Å². The molecule has 1 amide bonds. The van der Waals surface area contributed by atoms with E-state index in [1.54, 1.807) is 0 Å². The normalized spacial score (nSPS) is 17.4. The zero-order valence-electron chi connectivity index (χ0n) is 19.9. The number of rotatable bonds is 10. The van der Waals surface area contributed by atoms with E-state index in [-0.39, 0.29) is 24.1 Å². The minimum Gasteiger partial charge on any atom is -0.390 e. The molecule has 3 N–H and O–H groups in total. The number of benzene rings is 2. The predicted molar refractivity (Wildman–Crippen MR) is 127 cm³/mol. The Morgan fingerprint density at radius 2 is 1.74 bits per heavy atom. The summed E-state index contributed by atoms with van der Waals surface area (Å²) in [6, 6.07) is 10.6. The molecule has 2 aromatic rings. The lowest BCUT2D eigenvalue weighted by Gasteiger charge is -2.40. The lowest BCUT2D eigenvalue weighted by molar-refractivity contribution is -0.123. The smallest absolute Gasteiger partial charge is 0.251 e. The van der Waals surface area contributed by atoms with Gasteiger partial charge in [0.2, 0.25) is 0 Å². The Morgan fingerprint density at radius 3 is 2.35 bits per heavy atom. The summed E-state index contributed by atoms with van der Waals surface area (Å²) in [5, 5.41) is 17.0. The summed E-state index contributed by atoms with van der Waals surface area (Å²) in [6.07, 6.45) is 3.97. The highest BCUT2D eigenvalue weighted by Crippen LogP contribution is 2.38. The molecule has 0 heterocycles. The summed E-state index contributed by atoms with van der Waals surface area (Å²) in [5.41, 5.74) is 2.37. The molecule has 0 bridgehead atoms. The molecular formula is C27H35F3N2O2. The van der Waals surface area contributed by atoms with E-state index in [4.69, 9.17) is 0 Å². The fourth-order valence-corrected chi connectivity index (χ4v) is 4.87. The van der Waals surface area contributed by atoms with E-state index in [0.29, 0.717) is 5.92 Å². The van der Waals surface area contributed by atoms with E-state index in [9.17, 15) is 23.1 Å². The molecule has 4 nitrogen and oxygen atoms in total. The van der Waals surface area contributed by atoms with Crippen LogP contribution in [0, 0.1) is 11.6 Å². The van der Waals surface area contributed by atoms with Crippen LogP contribution in [0.4, 0.5) is 13.2 Å². The Hall–Kier alpha value is -2.38.